The molecule has 16 unspecified atom stereocenters. The predicted molar refractivity (Wildman–Crippen MR) is 323 cm³/mol. The Morgan fingerprint density at radius 2 is 0.348 bits per heavy atom. The van der Waals surface area contributed by atoms with Crippen LogP contribution >= 0.6 is 175 Å². The molecule has 0 aliphatic heterocycles. The summed E-state index contributed by atoms with van der Waals surface area (Å²) < 4.78 is 0. The Morgan fingerprint density at radius 1 is 0.326 bits per heavy atom. The lowest BCUT2D eigenvalue weighted by Gasteiger charge is -1.81. The van der Waals surface area contributed by atoms with Crippen molar-refractivity contribution < 1.29 is 0 Å². The minimum atomic E-state index is 0. The van der Waals surface area contributed by atoms with Crippen LogP contribution < -0.4 is 0 Å². The monoisotopic (exact) mass is 1030 g/mol. The summed E-state index contributed by atoms with van der Waals surface area (Å²) in [6, 6.07) is 0. The molecule has 4 saturated carbocycles. The van der Waals surface area contributed by atoms with E-state index >= 15 is 0 Å². The van der Waals surface area contributed by atoms with Gasteiger partial charge in [-0.05, 0) is 14.0 Å². The second kappa shape index (κ2) is 182. The zero-order valence-corrected chi connectivity index (χ0v) is 56.1. The highest BCUT2D eigenvalue weighted by atomic mass is 32.7. The van der Waals surface area contributed by atoms with Crippen LogP contribution in [0, 0.1) is 0 Å². The third-order valence-electron chi connectivity index (χ3n) is 1.41. The van der Waals surface area contributed by atoms with Gasteiger partial charge >= 0.3 is 0 Å². The molecule has 0 amide bonds. The fourth-order valence-corrected chi connectivity index (χ4v) is 0. The van der Waals surface area contributed by atoms with Crippen molar-refractivity contribution in [2.45, 2.75) is 160 Å². The van der Waals surface area contributed by atoms with E-state index in [0.717, 1.165) is 15.9 Å². The second-order valence-electron chi connectivity index (χ2n) is 5.47. The number of hydrogen-bond acceptors (Lipinski definition) is 0. The molecule has 4 rings (SSSR count). The highest BCUT2D eigenvalue weighted by Gasteiger charge is 1.96. The van der Waals surface area contributed by atoms with E-state index in [2.05, 4.69) is 138 Å². The normalized spacial score (nSPS) is 9.74. The van der Waals surface area contributed by atoms with Gasteiger partial charge in [-0.2, -0.15) is 19.8 Å². The lowest BCUT2D eigenvalue weighted by molar-refractivity contribution is 1.50. The van der Waals surface area contributed by atoms with Gasteiger partial charge in [-0.15, -0.1) is 138 Å². The average molecular weight is 1030 g/mol. The fraction of sp³-hybridized carbons (Fsp3) is 0.923. The van der Waals surface area contributed by atoms with Crippen LogP contribution in [0.4, 0.5) is 0 Å². The van der Waals surface area contributed by atoms with E-state index in [1.54, 1.807) is 0 Å². The largest absolute Gasteiger partial charge is 0.153 e. The first kappa shape index (κ1) is 99.9. The van der Waals surface area contributed by atoms with E-state index in [1.807, 2.05) is 83.1 Å². The van der Waals surface area contributed by atoms with Crippen LogP contribution in [0.5, 0.6) is 0 Å². The molecule has 46 heavy (non-hydrogen) atoms. The molecule has 20 heteroatoms. The van der Waals surface area contributed by atoms with Gasteiger partial charge in [0.1, 0.15) is 0 Å². The molecule has 0 aromatic carbocycles. The standard InChI is InChI=1S/4C3H6.6C2H6.C2H4.2H6P4.2H5P3.2H4P2.2H3P/c4*1-2-3-1;7*1-2;2*1-4(2)3;2*1-3-2;2*1-2;;/h4*1-3H2;6*1-2H3;1-2H2;2*1-3H2;2*3H,1-2H2;2*1-2H2;2*1H3. The SMILES string of the molecule is C1CC1.C1CC1.C1CC1.C1CC1.C=C.CC.CC.CC.CC.CC.CC.P.P.PP.PP.PP(P)P.PP(P)P.PPP.PPP. The zero-order chi connectivity index (χ0) is 39.1. The summed E-state index contributed by atoms with van der Waals surface area (Å²) in [4.78, 5) is 0. The molecule has 4 aliphatic rings. The van der Waals surface area contributed by atoms with Gasteiger partial charge in [0.25, 0.3) is 0 Å². The van der Waals surface area contributed by atoms with Crippen LogP contribution in [-0.4, -0.2) is 0 Å². The molecule has 0 spiro atoms. The Bertz CT molecular complexity index is 169. The van der Waals surface area contributed by atoms with Crippen molar-refractivity contribution in [3.8, 4) is 0 Å². The van der Waals surface area contributed by atoms with Crippen molar-refractivity contribution in [2.75, 3.05) is 0 Å². The first-order chi connectivity index (χ1) is 21.3. The van der Waals surface area contributed by atoms with Crippen LogP contribution in [-0.2, 0) is 0 Å². The van der Waals surface area contributed by atoms with Crippen molar-refractivity contribution in [1.29, 1.82) is 0 Å². The Hall–Kier alpha value is 8.34. The summed E-state index contributed by atoms with van der Waals surface area (Å²) in [5, 5.41) is 0. The molecular weight excluding hydrogens is 932 g/mol. The van der Waals surface area contributed by atoms with Gasteiger partial charge in [0.2, 0.25) is 0 Å². The van der Waals surface area contributed by atoms with Crippen LogP contribution in [0.2, 0.25) is 0 Å². The lowest BCUT2D eigenvalue weighted by Crippen LogP contribution is -0.870. The Morgan fingerprint density at radius 3 is 0.348 bits per heavy atom. The smallest absolute Gasteiger partial charge is 0.0500 e. The van der Waals surface area contributed by atoms with Gasteiger partial charge in [0.15, 0.2) is 0 Å². The summed E-state index contributed by atoms with van der Waals surface area (Å²) in [6.45, 7) is 30.3. The summed E-state index contributed by atoms with van der Waals surface area (Å²) in [5.74, 6) is 0. The van der Waals surface area contributed by atoms with Gasteiger partial charge in [0.05, 0.1) is 0 Å². The highest BCUT2D eigenvalue weighted by molar-refractivity contribution is 8.66. The summed E-state index contributed by atoms with van der Waals surface area (Å²) in [5.41, 5.74) is 0. The van der Waals surface area contributed by atoms with Crippen molar-refractivity contribution in [3.05, 3.63) is 13.2 Å². The van der Waals surface area contributed by atoms with E-state index < -0.39 is 0 Å². The van der Waals surface area contributed by atoms with Crippen LogP contribution in [0.1, 0.15) is 160 Å². The van der Waals surface area contributed by atoms with Crippen molar-refractivity contribution in [2.24, 2.45) is 0 Å². The molecular formula is C26H100P20. The molecule has 0 nitrogen and oxygen atoms in total. The maximum Gasteiger partial charge on any atom is -0.0500 e. The molecule has 0 bridgehead atoms. The minimum absolute atomic E-state index is 0. The fourth-order valence-electron chi connectivity index (χ4n) is 0. The van der Waals surface area contributed by atoms with Crippen LogP contribution in [0.15, 0.2) is 13.2 Å². The predicted octanol–water partition coefficient (Wildman–Crippen LogP) is 19.2. The zero-order valence-electron chi connectivity index (χ0n) is 33.3. The summed E-state index contributed by atoms with van der Waals surface area (Å²) in [6.07, 6.45) is 18.0. The maximum atomic E-state index is 3.00. The molecule has 0 radical (unpaired) electrons. The molecule has 0 aromatic rings. The van der Waals surface area contributed by atoms with E-state index in [9.17, 15) is 0 Å². The van der Waals surface area contributed by atoms with E-state index in [1.165, 1.54) is 77.0 Å². The van der Waals surface area contributed by atoms with Crippen molar-refractivity contribution >= 4 is 175 Å². The quantitative estimate of drug-likeness (QED) is 0.168. The average Bonchev–Trinajstić information content (AvgIpc) is 3.89. The molecule has 4 fully saturated rings. The molecule has 0 N–H and O–H groups in total. The number of hydrogen-bond donors (Lipinski definition) is 0. The molecule has 0 saturated heterocycles. The molecule has 304 valence electrons. The minimum Gasteiger partial charge on any atom is -0.153 e. The second-order valence-corrected chi connectivity index (χ2v) is 37.4. The summed E-state index contributed by atoms with van der Waals surface area (Å²) in [7, 11) is 37.3. The van der Waals surface area contributed by atoms with Crippen LogP contribution in [0.25, 0.3) is 0 Å². The lowest BCUT2D eigenvalue weighted by atomic mass is 11.0. The Labute approximate surface area is 345 Å². The summed E-state index contributed by atoms with van der Waals surface area (Å²) >= 11 is 0. The first-order valence-corrected chi connectivity index (χ1v) is 42.8. The highest BCUT2D eigenvalue weighted by Crippen LogP contribution is 2.60. The Balaban J connectivity index is -0.0000000172. The van der Waals surface area contributed by atoms with Crippen LogP contribution in [0.3, 0.4) is 0 Å². The first-order valence-electron chi connectivity index (χ1n) is 15.9. The van der Waals surface area contributed by atoms with Crippen molar-refractivity contribution in [3.63, 3.8) is 0 Å². The Kier molecular flexibility index (Phi) is 395. The molecule has 16 atom stereocenters. The van der Waals surface area contributed by atoms with Crippen molar-refractivity contribution in [1.82, 2.24) is 0 Å². The molecule has 4 aliphatic carbocycles. The third-order valence-corrected chi connectivity index (χ3v) is 1.41. The third kappa shape index (κ3) is 906. The van der Waals surface area contributed by atoms with Gasteiger partial charge < -0.3 is 0 Å². The maximum absolute atomic E-state index is 3.00. The van der Waals surface area contributed by atoms with E-state index in [0.29, 0.717) is 0 Å². The van der Waals surface area contributed by atoms with Gasteiger partial charge in [-0.3, -0.25) is 0 Å². The van der Waals surface area contributed by atoms with Gasteiger partial charge in [0, 0.05) is 0 Å². The molecule has 0 heterocycles. The molecule has 0 aromatic heterocycles. The number of rotatable bonds is 0. The van der Waals surface area contributed by atoms with E-state index in [-0.39, 0.29) is 33.8 Å². The topological polar surface area (TPSA) is 0 Å². The van der Waals surface area contributed by atoms with E-state index in [4.69, 9.17) is 0 Å². The van der Waals surface area contributed by atoms with Gasteiger partial charge in [-0.1, -0.05) is 176 Å². The van der Waals surface area contributed by atoms with Gasteiger partial charge in [-0.25, -0.2) is 0 Å².